The van der Waals surface area contributed by atoms with Crippen LogP contribution in [0.3, 0.4) is 0 Å². The fourth-order valence-corrected chi connectivity index (χ4v) is 5.28. The molecule has 0 aromatic carbocycles. The highest BCUT2D eigenvalue weighted by Gasteiger charge is 2.31. The molecular weight excluding hydrogens is 348 g/mol. The number of hydrogen-bond donors (Lipinski definition) is 1. The highest BCUT2D eigenvalue weighted by Crippen LogP contribution is 2.28. The van der Waals surface area contributed by atoms with Crippen LogP contribution in [-0.2, 0) is 19.4 Å². The summed E-state index contributed by atoms with van der Waals surface area (Å²) < 4.78 is 2.02. The summed E-state index contributed by atoms with van der Waals surface area (Å²) in [4.78, 5) is 15.2. The van der Waals surface area contributed by atoms with Gasteiger partial charge < -0.3 is 10.2 Å². The molecule has 28 heavy (non-hydrogen) atoms. The molecule has 1 aromatic heterocycles. The molecule has 0 spiro atoms. The minimum absolute atomic E-state index is 0.145. The Morgan fingerprint density at radius 3 is 2.61 bits per heavy atom. The summed E-state index contributed by atoms with van der Waals surface area (Å²) in [5.74, 6) is 0.986. The summed E-state index contributed by atoms with van der Waals surface area (Å²) in [5, 5.41) is 8.60. The first-order valence-corrected chi connectivity index (χ1v) is 11.5. The molecule has 3 aliphatic rings. The van der Waals surface area contributed by atoms with Crippen LogP contribution in [-0.4, -0.2) is 46.3 Å². The van der Waals surface area contributed by atoms with E-state index in [-0.39, 0.29) is 5.91 Å². The van der Waals surface area contributed by atoms with Gasteiger partial charge in [0.2, 0.25) is 0 Å². The second-order valence-electron chi connectivity index (χ2n) is 8.95. The third kappa shape index (κ3) is 4.35. The van der Waals surface area contributed by atoms with Crippen LogP contribution in [0.2, 0.25) is 0 Å². The Bertz CT molecular complexity index is 683. The van der Waals surface area contributed by atoms with Crippen molar-refractivity contribution in [2.75, 3.05) is 19.6 Å². The SMILES string of the molecule is C=CCn1nc(C(=O)N2CCCCC2)c2c1CC[C@H](NCC1CCCCC1)C2. The third-order valence-electron chi connectivity index (χ3n) is 6.91. The first-order valence-electron chi connectivity index (χ1n) is 11.5. The van der Waals surface area contributed by atoms with E-state index in [0.717, 1.165) is 57.7 Å². The van der Waals surface area contributed by atoms with Gasteiger partial charge in [0, 0.05) is 30.4 Å². The monoisotopic (exact) mass is 384 g/mol. The first-order chi connectivity index (χ1) is 13.8. The lowest BCUT2D eigenvalue weighted by Crippen LogP contribution is -2.39. The second-order valence-corrected chi connectivity index (χ2v) is 8.95. The smallest absolute Gasteiger partial charge is 0.274 e. The van der Waals surface area contributed by atoms with Crippen LogP contribution < -0.4 is 5.32 Å². The van der Waals surface area contributed by atoms with E-state index in [0.29, 0.717) is 18.3 Å². The van der Waals surface area contributed by atoms with Gasteiger partial charge >= 0.3 is 0 Å². The summed E-state index contributed by atoms with van der Waals surface area (Å²) >= 11 is 0. The lowest BCUT2D eigenvalue weighted by molar-refractivity contribution is 0.0716. The van der Waals surface area contributed by atoms with Gasteiger partial charge in [-0.15, -0.1) is 6.58 Å². The molecule has 4 rings (SSSR count). The van der Waals surface area contributed by atoms with E-state index >= 15 is 0 Å². The molecule has 1 N–H and O–H groups in total. The molecule has 1 aliphatic heterocycles. The molecule has 2 fully saturated rings. The molecule has 1 amide bonds. The summed E-state index contributed by atoms with van der Waals surface area (Å²) in [6.07, 6.45) is 15.4. The minimum atomic E-state index is 0.145. The van der Waals surface area contributed by atoms with Gasteiger partial charge in [0.05, 0.1) is 6.54 Å². The Labute approximate surface area is 169 Å². The summed E-state index contributed by atoms with van der Waals surface area (Å²) in [5.41, 5.74) is 3.17. The second kappa shape index (κ2) is 9.25. The average molecular weight is 385 g/mol. The molecule has 1 aromatic rings. The fraction of sp³-hybridized carbons (Fsp3) is 0.739. The molecule has 1 saturated heterocycles. The lowest BCUT2D eigenvalue weighted by Gasteiger charge is -2.29. The van der Waals surface area contributed by atoms with Crippen molar-refractivity contribution in [2.45, 2.75) is 83.2 Å². The van der Waals surface area contributed by atoms with Crippen LogP contribution in [0.4, 0.5) is 0 Å². The molecule has 5 heteroatoms. The quantitative estimate of drug-likeness (QED) is 0.761. The van der Waals surface area contributed by atoms with E-state index < -0.39 is 0 Å². The van der Waals surface area contributed by atoms with E-state index in [1.165, 1.54) is 49.8 Å². The highest BCUT2D eigenvalue weighted by atomic mass is 16.2. The van der Waals surface area contributed by atoms with Crippen molar-refractivity contribution in [1.29, 1.82) is 0 Å². The van der Waals surface area contributed by atoms with Gasteiger partial charge in [-0.2, -0.15) is 5.10 Å². The number of nitrogens with zero attached hydrogens (tertiary/aromatic N) is 3. The van der Waals surface area contributed by atoms with Gasteiger partial charge in [0.1, 0.15) is 0 Å². The lowest BCUT2D eigenvalue weighted by atomic mass is 9.87. The number of allylic oxidation sites excluding steroid dienone is 1. The normalized spacial score (nSPS) is 23.4. The van der Waals surface area contributed by atoms with Crippen LogP contribution in [0.15, 0.2) is 12.7 Å². The van der Waals surface area contributed by atoms with Crippen molar-refractivity contribution in [1.82, 2.24) is 20.0 Å². The minimum Gasteiger partial charge on any atom is -0.337 e. The first kappa shape index (κ1) is 19.7. The molecule has 0 bridgehead atoms. The molecular formula is C23H36N4O. The predicted octanol–water partition coefficient (Wildman–Crippen LogP) is 3.72. The molecule has 2 heterocycles. The zero-order valence-corrected chi connectivity index (χ0v) is 17.3. The number of nitrogens with one attached hydrogen (secondary N) is 1. The van der Waals surface area contributed by atoms with Gasteiger partial charge in [-0.25, -0.2) is 0 Å². The molecule has 154 valence electrons. The number of piperidine rings is 1. The van der Waals surface area contributed by atoms with Gasteiger partial charge in [-0.3, -0.25) is 9.48 Å². The van der Waals surface area contributed by atoms with Crippen LogP contribution in [0.25, 0.3) is 0 Å². The number of fused-ring (bicyclic) bond motifs is 1. The highest BCUT2D eigenvalue weighted by molar-refractivity contribution is 5.94. The van der Waals surface area contributed by atoms with E-state index in [1.54, 1.807) is 0 Å². The van der Waals surface area contributed by atoms with E-state index in [9.17, 15) is 4.79 Å². The molecule has 5 nitrogen and oxygen atoms in total. The van der Waals surface area contributed by atoms with Crippen molar-refractivity contribution in [3.8, 4) is 0 Å². The maximum Gasteiger partial charge on any atom is 0.274 e. The standard InChI is InChI=1S/C23H36N4O/c1-2-13-27-21-12-11-19(24-17-18-9-5-3-6-10-18)16-20(21)22(25-27)23(28)26-14-7-4-8-15-26/h2,18-19,24H,1,3-17H2/t19-/m0/s1. The predicted molar refractivity (Wildman–Crippen MR) is 113 cm³/mol. The zero-order chi connectivity index (χ0) is 19.3. The van der Waals surface area contributed by atoms with Crippen molar-refractivity contribution in [2.24, 2.45) is 5.92 Å². The van der Waals surface area contributed by atoms with Crippen LogP contribution in [0.1, 0.15) is 79.5 Å². The van der Waals surface area contributed by atoms with Crippen molar-refractivity contribution >= 4 is 5.91 Å². The van der Waals surface area contributed by atoms with E-state index in [4.69, 9.17) is 5.10 Å². The van der Waals surface area contributed by atoms with Crippen molar-refractivity contribution in [3.05, 3.63) is 29.6 Å². The van der Waals surface area contributed by atoms with Gasteiger partial charge in [-0.05, 0) is 63.8 Å². The topological polar surface area (TPSA) is 50.2 Å². The number of amides is 1. The van der Waals surface area contributed by atoms with Gasteiger partial charge in [0.25, 0.3) is 5.91 Å². The van der Waals surface area contributed by atoms with Gasteiger partial charge in [-0.1, -0.05) is 25.3 Å². The molecule has 0 radical (unpaired) electrons. The molecule has 0 unspecified atom stereocenters. The Morgan fingerprint density at radius 1 is 1.11 bits per heavy atom. The largest absolute Gasteiger partial charge is 0.337 e. The number of hydrogen-bond acceptors (Lipinski definition) is 3. The third-order valence-corrected chi connectivity index (χ3v) is 6.91. The maximum atomic E-state index is 13.2. The van der Waals surface area contributed by atoms with Crippen molar-refractivity contribution in [3.63, 3.8) is 0 Å². The Hall–Kier alpha value is -1.62. The van der Waals surface area contributed by atoms with Crippen LogP contribution in [0, 0.1) is 5.92 Å². The molecule has 2 aliphatic carbocycles. The van der Waals surface area contributed by atoms with Gasteiger partial charge in [0.15, 0.2) is 5.69 Å². The maximum absolute atomic E-state index is 13.2. The summed E-state index contributed by atoms with van der Waals surface area (Å²) in [7, 11) is 0. The number of carbonyl (C=O) groups excluding carboxylic acids is 1. The molecule has 1 saturated carbocycles. The molecule has 1 atom stereocenters. The number of aromatic nitrogens is 2. The van der Waals surface area contributed by atoms with Crippen molar-refractivity contribution < 1.29 is 4.79 Å². The van der Waals surface area contributed by atoms with Crippen LogP contribution in [0.5, 0.6) is 0 Å². The Morgan fingerprint density at radius 2 is 1.86 bits per heavy atom. The summed E-state index contributed by atoms with van der Waals surface area (Å²) in [6, 6.07) is 0.476. The Balaban J connectivity index is 1.47. The average Bonchev–Trinajstić information content (AvgIpc) is 3.11. The number of rotatable bonds is 6. The zero-order valence-electron chi connectivity index (χ0n) is 17.3. The Kier molecular flexibility index (Phi) is 6.50. The summed E-state index contributed by atoms with van der Waals surface area (Å²) in [6.45, 7) is 7.46. The van der Waals surface area contributed by atoms with E-state index in [1.807, 2.05) is 15.7 Å². The van der Waals surface area contributed by atoms with Crippen LogP contribution >= 0.6 is 0 Å². The fourth-order valence-electron chi connectivity index (χ4n) is 5.28. The number of likely N-dealkylation sites (tertiary alicyclic amines) is 1. The number of carbonyl (C=O) groups is 1. The van der Waals surface area contributed by atoms with E-state index in [2.05, 4.69) is 11.9 Å².